The molecule has 5 aromatic heterocycles. The summed E-state index contributed by atoms with van der Waals surface area (Å²) in [6.45, 7) is 0. The monoisotopic (exact) mass is 610 g/mol. The molecule has 0 saturated carbocycles. The van der Waals surface area contributed by atoms with Crippen molar-refractivity contribution in [3.05, 3.63) is 139 Å². The summed E-state index contributed by atoms with van der Waals surface area (Å²) >= 11 is 0. The Labute approximate surface area is 272 Å². The largest absolute Gasteiger partial charge is 0.308 e. The van der Waals surface area contributed by atoms with Crippen molar-refractivity contribution in [2.75, 3.05) is 0 Å². The van der Waals surface area contributed by atoms with Gasteiger partial charge in [0.25, 0.3) is 0 Å². The molecule has 0 amide bonds. The third-order valence-electron chi connectivity index (χ3n) is 9.88. The van der Waals surface area contributed by atoms with Gasteiger partial charge in [0.15, 0.2) is 0 Å². The number of nitrogens with zero attached hydrogens (tertiary/aromatic N) is 6. The molecule has 0 saturated heterocycles. The second kappa shape index (κ2) is 9.12. The summed E-state index contributed by atoms with van der Waals surface area (Å²) in [6, 6.07) is 46.5. The number of benzene rings is 6. The lowest BCUT2D eigenvalue weighted by Crippen LogP contribution is -2.04. The van der Waals surface area contributed by atoms with Gasteiger partial charge in [-0.3, -0.25) is 9.55 Å². The Morgan fingerprint density at radius 2 is 1.33 bits per heavy atom. The SMILES string of the molecule is N#Cc1cccc(-c2nc(-n3c4cc5ccccc5cc4c4c5c6ccccc6n6c7ccccc7c(cc43)c56)nc3cccnc23)c1. The molecule has 0 bridgehead atoms. The molecule has 0 fully saturated rings. The van der Waals surface area contributed by atoms with E-state index in [0.29, 0.717) is 22.7 Å². The van der Waals surface area contributed by atoms with Crippen LogP contribution in [0.4, 0.5) is 0 Å². The second-order valence-corrected chi connectivity index (χ2v) is 12.4. The highest BCUT2D eigenvalue weighted by Crippen LogP contribution is 2.47. The van der Waals surface area contributed by atoms with Gasteiger partial charge in [0.1, 0.15) is 11.2 Å². The first-order valence-corrected chi connectivity index (χ1v) is 15.9. The maximum Gasteiger partial charge on any atom is 0.235 e. The van der Waals surface area contributed by atoms with Gasteiger partial charge in [0, 0.05) is 44.1 Å². The van der Waals surface area contributed by atoms with E-state index >= 15 is 0 Å². The molecule has 0 N–H and O–H groups in total. The highest BCUT2D eigenvalue weighted by atomic mass is 15.2. The number of nitriles is 1. The van der Waals surface area contributed by atoms with E-state index in [-0.39, 0.29) is 0 Å². The molecule has 0 spiro atoms. The molecule has 0 unspecified atom stereocenters. The molecule has 0 aliphatic heterocycles. The van der Waals surface area contributed by atoms with Gasteiger partial charge in [0.05, 0.1) is 44.7 Å². The molecule has 6 nitrogen and oxygen atoms in total. The fourth-order valence-electron chi connectivity index (χ4n) is 7.91. The quantitative estimate of drug-likeness (QED) is 0.195. The maximum atomic E-state index is 9.71. The van der Waals surface area contributed by atoms with Crippen molar-refractivity contribution in [1.82, 2.24) is 23.9 Å². The molecular weight excluding hydrogens is 589 g/mol. The zero-order valence-electron chi connectivity index (χ0n) is 25.4. The highest BCUT2D eigenvalue weighted by molar-refractivity contribution is 6.36. The van der Waals surface area contributed by atoms with E-state index in [1.807, 2.05) is 36.4 Å². The van der Waals surface area contributed by atoms with E-state index in [1.54, 1.807) is 6.20 Å². The fraction of sp³-hybridized carbons (Fsp3) is 0. The normalized spacial score (nSPS) is 12.1. The first kappa shape index (κ1) is 25.4. The number of rotatable bonds is 2. The van der Waals surface area contributed by atoms with E-state index in [4.69, 9.17) is 15.0 Å². The van der Waals surface area contributed by atoms with Gasteiger partial charge in [-0.2, -0.15) is 5.26 Å². The summed E-state index contributed by atoms with van der Waals surface area (Å²) in [5, 5.41) is 19.2. The van der Waals surface area contributed by atoms with Crippen molar-refractivity contribution in [1.29, 1.82) is 5.26 Å². The molecular formula is C42H22N6. The molecule has 0 radical (unpaired) electrons. The first-order valence-electron chi connectivity index (χ1n) is 15.9. The van der Waals surface area contributed by atoms with Crippen molar-refractivity contribution in [2.45, 2.75) is 0 Å². The van der Waals surface area contributed by atoms with Crippen molar-refractivity contribution < 1.29 is 0 Å². The number of hydrogen-bond donors (Lipinski definition) is 0. The van der Waals surface area contributed by atoms with Gasteiger partial charge < -0.3 is 4.40 Å². The smallest absolute Gasteiger partial charge is 0.235 e. The van der Waals surface area contributed by atoms with Crippen LogP contribution < -0.4 is 0 Å². The Morgan fingerprint density at radius 1 is 0.562 bits per heavy atom. The van der Waals surface area contributed by atoms with Crippen molar-refractivity contribution in [2.24, 2.45) is 0 Å². The number of para-hydroxylation sites is 2. The fourth-order valence-corrected chi connectivity index (χ4v) is 7.91. The average Bonchev–Trinajstić information content (AvgIpc) is 3.77. The number of aromatic nitrogens is 5. The zero-order chi connectivity index (χ0) is 31.5. The molecule has 6 aromatic carbocycles. The predicted molar refractivity (Wildman–Crippen MR) is 194 cm³/mol. The van der Waals surface area contributed by atoms with Crippen molar-refractivity contribution in [3.8, 4) is 23.3 Å². The van der Waals surface area contributed by atoms with Crippen LogP contribution >= 0.6 is 0 Å². The lowest BCUT2D eigenvalue weighted by Gasteiger charge is -2.11. The Kier molecular flexibility index (Phi) is 4.82. The lowest BCUT2D eigenvalue weighted by molar-refractivity contribution is 1.01. The summed E-state index contributed by atoms with van der Waals surface area (Å²) in [6.07, 6.45) is 1.77. The Hall–Kier alpha value is -6.84. The van der Waals surface area contributed by atoms with Crippen LogP contribution in [-0.4, -0.2) is 23.9 Å². The minimum absolute atomic E-state index is 0.560. The maximum absolute atomic E-state index is 9.71. The summed E-state index contributed by atoms with van der Waals surface area (Å²) < 4.78 is 4.65. The van der Waals surface area contributed by atoms with E-state index in [1.165, 1.54) is 48.9 Å². The molecule has 48 heavy (non-hydrogen) atoms. The molecule has 0 atom stereocenters. The van der Waals surface area contributed by atoms with E-state index < -0.39 is 0 Å². The number of hydrogen-bond acceptors (Lipinski definition) is 4. The van der Waals surface area contributed by atoms with Gasteiger partial charge in [-0.15, -0.1) is 0 Å². The third kappa shape index (κ3) is 3.22. The molecule has 220 valence electrons. The molecule has 11 rings (SSSR count). The van der Waals surface area contributed by atoms with Crippen LogP contribution in [0.25, 0.3) is 98.9 Å². The van der Waals surface area contributed by atoms with Crippen LogP contribution in [-0.2, 0) is 0 Å². The minimum atomic E-state index is 0.560. The highest BCUT2D eigenvalue weighted by Gasteiger charge is 2.25. The third-order valence-corrected chi connectivity index (χ3v) is 9.88. The van der Waals surface area contributed by atoms with Gasteiger partial charge in [-0.25, -0.2) is 9.97 Å². The average molecular weight is 611 g/mol. The van der Waals surface area contributed by atoms with Crippen LogP contribution in [0, 0.1) is 11.3 Å². The first-order chi connectivity index (χ1) is 23.8. The number of fused-ring (bicyclic) bond motifs is 12. The van der Waals surface area contributed by atoms with Gasteiger partial charge in [0.2, 0.25) is 5.95 Å². The lowest BCUT2D eigenvalue weighted by atomic mass is 10.0. The summed E-state index contributed by atoms with van der Waals surface area (Å²) in [7, 11) is 0. The Balaban J connectivity index is 1.39. The second-order valence-electron chi connectivity index (χ2n) is 12.4. The molecule has 11 aromatic rings. The van der Waals surface area contributed by atoms with E-state index in [0.717, 1.165) is 32.9 Å². The topological polar surface area (TPSA) is 71.8 Å². The van der Waals surface area contributed by atoms with Crippen molar-refractivity contribution >= 4 is 81.7 Å². The standard InChI is InChI=1S/C42H22N6/c43-23-24-9-7-12-27(19-24)39-40-32(15-8-18-44-40)45-42(46-39)48-35-21-26-11-2-1-10-25(26)20-31(35)37-36(48)22-30-28-13-3-5-16-33(28)47-34-17-6-4-14-29(34)38(37)41(30)47/h1-22H. The van der Waals surface area contributed by atoms with Crippen molar-refractivity contribution in [3.63, 3.8) is 0 Å². The number of pyridine rings is 1. The Bertz CT molecular complexity index is 3200. The summed E-state index contributed by atoms with van der Waals surface area (Å²) in [4.78, 5) is 15.2. The van der Waals surface area contributed by atoms with Crippen LogP contribution in [0.5, 0.6) is 0 Å². The van der Waals surface area contributed by atoms with E-state index in [9.17, 15) is 5.26 Å². The molecule has 0 aliphatic carbocycles. The van der Waals surface area contributed by atoms with E-state index in [2.05, 4.69) is 106 Å². The Morgan fingerprint density at radius 3 is 2.19 bits per heavy atom. The minimum Gasteiger partial charge on any atom is -0.308 e. The van der Waals surface area contributed by atoms with Gasteiger partial charge in [-0.1, -0.05) is 72.8 Å². The summed E-state index contributed by atoms with van der Waals surface area (Å²) in [5.74, 6) is 0.560. The van der Waals surface area contributed by atoms with Crippen LogP contribution in [0.2, 0.25) is 0 Å². The molecule has 5 heterocycles. The molecule has 6 heteroatoms. The predicted octanol–water partition coefficient (Wildman–Crippen LogP) is 9.96. The van der Waals surface area contributed by atoms with Crippen LogP contribution in [0.3, 0.4) is 0 Å². The molecule has 0 aliphatic rings. The zero-order valence-corrected chi connectivity index (χ0v) is 25.4. The van der Waals surface area contributed by atoms with Crippen LogP contribution in [0.1, 0.15) is 5.56 Å². The summed E-state index contributed by atoms with van der Waals surface area (Å²) in [5.41, 5.74) is 9.22. The van der Waals surface area contributed by atoms with Crippen LogP contribution in [0.15, 0.2) is 134 Å². The van der Waals surface area contributed by atoms with Gasteiger partial charge in [-0.05, 0) is 65.4 Å². The van der Waals surface area contributed by atoms with Gasteiger partial charge >= 0.3 is 0 Å².